The molecular weight excluding hydrogens is 406 g/mol. The number of pyridine rings is 1. The smallest absolute Gasteiger partial charge is 0.359 e. The Kier molecular flexibility index (Phi) is 5.18. The number of carbonyl (C=O) groups is 2. The first kappa shape index (κ1) is 20.0. The number of ether oxygens (including phenoxy) is 1. The molecule has 8 heteroatoms. The van der Waals surface area contributed by atoms with Crippen molar-refractivity contribution < 1.29 is 14.3 Å². The molecule has 0 saturated carbocycles. The minimum atomic E-state index is -0.466. The summed E-state index contributed by atoms with van der Waals surface area (Å²) in [5.74, 6) is -0.530. The van der Waals surface area contributed by atoms with Crippen LogP contribution in [0.5, 0.6) is 0 Å². The molecule has 4 heterocycles. The van der Waals surface area contributed by atoms with E-state index in [0.717, 1.165) is 27.9 Å². The number of nitrogens with one attached hydrogen (secondary N) is 1. The third-order valence-corrected chi connectivity index (χ3v) is 5.73. The number of rotatable bonds is 5. The topological polar surface area (TPSA) is 93.1 Å². The molecule has 1 aliphatic rings. The molecule has 162 valence electrons. The third-order valence-electron chi connectivity index (χ3n) is 5.73. The lowest BCUT2D eigenvalue weighted by Crippen LogP contribution is -2.36. The van der Waals surface area contributed by atoms with E-state index in [-0.39, 0.29) is 18.2 Å². The number of benzene rings is 1. The average molecular weight is 429 g/mol. The predicted molar refractivity (Wildman–Crippen MR) is 118 cm³/mol. The summed E-state index contributed by atoms with van der Waals surface area (Å²) in [5.41, 5.74) is 4.44. The fraction of sp³-hybridized carbons (Fsp3) is 0.250. The van der Waals surface area contributed by atoms with Crippen LogP contribution in [0.25, 0.3) is 10.9 Å². The van der Waals surface area contributed by atoms with Crippen LogP contribution in [0.4, 0.5) is 0 Å². The number of fused-ring (bicyclic) bond motifs is 2. The number of hydrogen-bond acceptors (Lipinski definition) is 5. The van der Waals surface area contributed by atoms with Gasteiger partial charge in [-0.15, -0.1) is 0 Å². The first-order valence-corrected chi connectivity index (χ1v) is 10.7. The minimum Gasteiger partial charge on any atom is -0.461 e. The van der Waals surface area contributed by atoms with E-state index in [0.29, 0.717) is 31.6 Å². The van der Waals surface area contributed by atoms with Crippen LogP contribution < -0.4 is 0 Å². The second-order valence-corrected chi connectivity index (χ2v) is 7.73. The molecule has 32 heavy (non-hydrogen) atoms. The highest BCUT2D eigenvalue weighted by molar-refractivity contribution is 5.98. The largest absolute Gasteiger partial charge is 0.461 e. The van der Waals surface area contributed by atoms with E-state index in [1.165, 1.54) is 0 Å². The zero-order chi connectivity index (χ0) is 22.1. The molecule has 1 N–H and O–H groups in total. The Bertz CT molecular complexity index is 1290. The lowest BCUT2D eigenvalue weighted by atomic mass is 10.0. The molecule has 1 aromatic carbocycles. The SMILES string of the molecule is CCOC(=O)c1nn(Cc2ccccn2)c2c1CN(C(=O)c1ccc3[nH]ccc3c1)CC2. The highest BCUT2D eigenvalue weighted by atomic mass is 16.5. The standard InChI is InChI=1S/C24H23N5O3/c1-2-32-24(31)22-19-15-28(23(30)17-6-7-20-16(13-17)8-11-26-20)12-9-21(19)29(27-22)14-18-5-3-4-10-25-18/h3-8,10-11,13,26H,2,9,12,14-15H2,1H3. The molecule has 0 spiro atoms. The Morgan fingerprint density at radius 1 is 1.19 bits per heavy atom. The summed E-state index contributed by atoms with van der Waals surface area (Å²) < 4.78 is 7.06. The predicted octanol–water partition coefficient (Wildman–Crippen LogP) is 3.18. The molecule has 0 unspecified atom stereocenters. The van der Waals surface area contributed by atoms with Gasteiger partial charge < -0.3 is 14.6 Å². The Labute approximate surface area is 184 Å². The van der Waals surface area contributed by atoms with Gasteiger partial charge in [-0.3, -0.25) is 14.5 Å². The molecule has 0 bridgehead atoms. The number of hydrogen-bond donors (Lipinski definition) is 1. The van der Waals surface area contributed by atoms with E-state index < -0.39 is 5.97 Å². The molecular formula is C24H23N5O3. The Morgan fingerprint density at radius 2 is 2.09 bits per heavy atom. The van der Waals surface area contributed by atoms with Crippen LogP contribution in [0.2, 0.25) is 0 Å². The summed E-state index contributed by atoms with van der Waals surface area (Å²) in [5, 5.41) is 5.56. The van der Waals surface area contributed by atoms with Crippen LogP contribution >= 0.6 is 0 Å². The number of esters is 1. The highest BCUT2D eigenvalue weighted by Gasteiger charge is 2.31. The van der Waals surface area contributed by atoms with Crippen LogP contribution in [-0.4, -0.2) is 49.7 Å². The summed E-state index contributed by atoms with van der Waals surface area (Å²) in [6.45, 7) is 3.35. The van der Waals surface area contributed by atoms with E-state index in [1.54, 1.807) is 18.0 Å². The number of aromatic amines is 1. The number of aromatic nitrogens is 4. The van der Waals surface area contributed by atoms with Crippen molar-refractivity contribution in [1.29, 1.82) is 0 Å². The fourth-order valence-corrected chi connectivity index (χ4v) is 4.17. The molecule has 0 radical (unpaired) electrons. The van der Waals surface area contributed by atoms with Gasteiger partial charge in [0, 0.05) is 53.1 Å². The fourth-order valence-electron chi connectivity index (χ4n) is 4.17. The molecule has 1 aliphatic heterocycles. The highest BCUT2D eigenvalue weighted by Crippen LogP contribution is 2.26. The molecule has 1 amide bonds. The molecule has 0 fully saturated rings. The maximum atomic E-state index is 13.2. The summed E-state index contributed by atoms with van der Waals surface area (Å²) in [6.07, 6.45) is 4.19. The maximum Gasteiger partial charge on any atom is 0.359 e. The van der Waals surface area contributed by atoms with Crippen LogP contribution in [0.15, 0.2) is 54.9 Å². The number of H-pyrrole nitrogens is 1. The number of amides is 1. The zero-order valence-corrected chi connectivity index (χ0v) is 17.7. The van der Waals surface area contributed by atoms with Gasteiger partial charge in [-0.1, -0.05) is 6.07 Å². The van der Waals surface area contributed by atoms with E-state index in [9.17, 15) is 9.59 Å². The zero-order valence-electron chi connectivity index (χ0n) is 17.7. The van der Waals surface area contributed by atoms with E-state index >= 15 is 0 Å². The van der Waals surface area contributed by atoms with Gasteiger partial charge in [0.05, 0.1) is 25.4 Å². The van der Waals surface area contributed by atoms with Gasteiger partial charge in [-0.25, -0.2) is 4.79 Å². The van der Waals surface area contributed by atoms with Crippen molar-refractivity contribution in [2.75, 3.05) is 13.2 Å². The van der Waals surface area contributed by atoms with Gasteiger partial charge in [0.2, 0.25) is 0 Å². The van der Waals surface area contributed by atoms with Crippen molar-refractivity contribution in [2.24, 2.45) is 0 Å². The number of carbonyl (C=O) groups excluding carboxylic acids is 2. The van der Waals surface area contributed by atoms with Gasteiger partial charge in [0.15, 0.2) is 5.69 Å². The Hall–Kier alpha value is -3.94. The van der Waals surface area contributed by atoms with Gasteiger partial charge in [-0.2, -0.15) is 5.10 Å². The van der Waals surface area contributed by atoms with E-state index in [4.69, 9.17) is 4.74 Å². The van der Waals surface area contributed by atoms with Crippen LogP contribution in [0, 0.1) is 0 Å². The van der Waals surface area contributed by atoms with Gasteiger partial charge >= 0.3 is 5.97 Å². The maximum absolute atomic E-state index is 13.2. The first-order chi connectivity index (χ1) is 15.6. The number of nitrogens with zero attached hydrogens (tertiary/aromatic N) is 4. The molecule has 8 nitrogen and oxygen atoms in total. The first-order valence-electron chi connectivity index (χ1n) is 10.7. The summed E-state index contributed by atoms with van der Waals surface area (Å²) in [6, 6.07) is 13.3. The molecule has 3 aromatic heterocycles. The Balaban J connectivity index is 1.46. The second-order valence-electron chi connectivity index (χ2n) is 7.73. The van der Waals surface area contributed by atoms with Crippen molar-refractivity contribution in [2.45, 2.75) is 26.4 Å². The van der Waals surface area contributed by atoms with Crippen LogP contribution in [0.3, 0.4) is 0 Å². The van der Waals surface area contributed by atoms with Crippen LogP contribution in [-0.2, 0) is 24.2 Å². The summed E-state index contributed by atoms with van der Waals surface area (Å²) in [7, 11) is 0. The molecule has 0 aliphatic carbocycles. The normalized spacial score (nSPS) is 13.2. The average Bonchev–Trinajstić information content (AvgIpc) is 3.43. The van der Waals surface area contributed by atoms with Crippen molar-refractivity contribution in [1.82, 2.24) is 24.6 Å². The van der Waals surface area contributed by atoms with Gasteiger partial charge in [-0.05, 0) is 43.3 Å². The second kappa shape index (κ2) is 8.30. The third kappa shape index (κ3) is 3.64. The molecule has 0 atom stereocenters. The molecule has 5 rings (SSSR count). The van der Waals surface area contributed by atoms with Crippen molar-refractivity contribution >= 4 is 22.8 Å². The summed E-state index contributed by atoms with van der Waals surface area (Å²) in [4.78, 5) is 35.1. The van der Waals surface area contributed by atoms with Crippen LogP contribution in [0.1, 0.15) is 44.7 Å². The van der Waals surface area contributed by atoms with Crippen molar-refractivity contribution in [3.8, 4) is 0 Å². The van der Waals surface area contributed by atoms with E-state index in [2.05, 4.69) is 15.1 Å². The summed E-state index contributed by atoms with van der Waals surface area (Å²) >= 11 is 0. The molecule has 4 aromatic rings. The van der Waals surface area contributed by atoms with E-state index in [1.807, 2.05) is 53.3 Å². The van der Waals surface area contributed by atoms with Gasteiger partial charge in [0.25, 0.3) is 5.91 Å². The quantitative estimate of drug-likeness (QED) is 0.492. The van der Waals surface area contributed by atoms with Gasteiger partial charge in [0.1, 0.15) is 0 Å². The van der Waals surface area contributed by atoms with Crippen molar-refractivity contribution in [3.63, 3.8) is 0 Å². The lowest BCUT2D eigenvalue weighted by Gasteiger charge is -2.28. The molecule has 0 saturated heterocycles. The monoisotopic (exact) mass is 429 g/mol. The van der Waals surface area contributed by atoms with Crippen molar-refractivity contribution in [3.05, 3.63) is 83.1 Å². The minimum absolute atomic E-state index is 0.0639. The lowest BCUT2D eigenvalue weighted by molar-refractivity contribution is 0.0513. The Morgan fingerprint density at radius 3 is 2.91 bits per heavy atom.